The minimum absolute atomic E-state index is 0.0724. The second-order valence-corrected chi connectivity index (χ2v) is 5.84. The highest BCUT2D eigenvalue weighted by Gasteiger charge is 2.31. The summed E-state index contributed by atoms with van der Waals surface area (Å²) in [7, 11) is 0. The second kappa shape index (κ2) is 6.69. The first kappa shape index (κ1) is 16.8. The molecule has 1 unspecified atom stereocenters. The summed E-state index contributed by atoms with van der Waals surface area (Å²) >= 11 is 0. The molecule has 1 aromatic carbocycles. The molecule has 0 saturated carbocycles. The fourth-order valence-corrected chi connectivity index (χ4v) is 2.65. The van der Waals surface area contributed by atoms with Crippen LogP contribution in [0, 0.1) is 0 Å². The van der Waals surface area contributed by atoms with Crippen molar-refractivity contribution < 1.29 is 23.1 Å². The Bertz CT molecular complexity index is 522. The van der Waals surface area contributed by atoms with Gasteiger partial charge in [-0.3, -0.25) is 4.79 Å². The van der Waals surface area contributed by atoms with Crippen LogP contribution in [0.1, 0.15) is 43.2 Å². The maximum absolute atomic E-state index is 12.7. The fraction of sp³-hybridized carbons (Fsp3) is 0.562. The Labute approximate surface area is 127 Å². The van der Waals surface area contributed by atoms with E-state index in [9.17, 15) is 23.1 Å². The third-order valence-electron chi connectivity index (χ3n) is 4.08. The molecule has 1 amide bonds. The second-order valence-electron chi connectivity index (χ2n) is 5.84. The molecule has 1 fully saturated rings. The smallest absolute Gasteiger partial charge is 0.393 e. The zero-order valence-electron chi connectivity index (χ0n) is 12.4. The number of nitrogens with zero attached hydrogens (tertiary/aromatic N) is 1. The van der Waals surface area contributed by atoms with Gasteiger partial charge in [0.05, 0.1) is 11.7 Å². The third kappa shape index (κ3) is 4.22. The van der Waals surface area contributed by atoms with Crippen LogP contribution in [0.25, 0.3) is 0 Å². The van der Waals surface area contributed by atoms with E-state index in [1.807, 2.05) is 0 Å². The molecule has 1 heterocycles. The van der Waals surface area contributed by atoms with Gasteiger partial charge in [-0.1, -0.05) is 25.1 Å². The van der Waals surface area contributed by atoms with Gasteiger partial charge in [0, 0.05) is 19.5 Å². The van der Waals surface area contributed by atoms with E-state index >= 15 is 0 Å². The summed E-state index contributed by atoms with van der Waals surface area (Å²) in [6.07, 6.45) is -3.43. The molecule has 1 atom stereocenters. The van der Waals surface area contributed by atoms with Gasteiger partial charge in [-0.05, 0) is 30.4 Å². The summed E-state index contributed by atoms with van der Waals surface area (Å²) in [5.74, 6) is -0.349. The Morgan fingerprint density at radius 3 is 2.59 bits per heavy atom. The highest BCUT2D eigenvalue weighted by Crippen LogP contribution is 2.32. The van der Waals surface area contributed by atoms with Crippen LogP contribution in [-0.4, -0.2) is 35.1 Å². The first-order valence-electron chi connectivity index (χ1n) is 7.40. The van der Waals surface area contributed by atoms with Gasteiger partial charge >= 0.3 is 6.18 Å². The monoisotopic (exact) mass is 315 g/mol. The van der Waals surface area contributed by atoms with Crippen LogP contribution in [0.4, 0.5) is 13.2 Å². The standard InChI is InChI=1S/C16H20F3NO2/c1-11(9-15(22)20-7-5-14(21)6-8-20)12-3-2-4-13(10-12)16(17,18)19/h2-4,10-11,14,21H,5-9H2,1H3. The van der Waals surface area contributed by atoms with Crippen molar-refractivity contribution >= 4 is 5.91 Å². The van der Waals surface area contributed by atoms with Gasteiger partial charge in [0.2, 0.25) is 5.91 Å². The highest BCUT2D eigenvalue weighted by atomic mass is 19.4. The van der Waals surface area contributed by atoms with Crippen molar-refractivity contribution in [1.29, 1.82) is 0 Å². The molecule has 0 aromatic heterocycles. The summed E-state index contributed by atoms with van der Waals surface area (Å²) in [5, 5.41) is 9.43. The van der Waals surface area contributed by atoms with Crippen LogP contribution >= 0.6 is 0 Å². The predicted molar refractivity (Wildman–Crippen MR) is 76.3 cm³/mol. The summed E-state index contributed by atoms with van der Waals surface area (Å²) in [5.41, 5.74) is -0.175. The van der Waals surface area contributed by atoms with Crippen LogP contribution in [0.15, 0.2) is 24.3 Å². The Kier molecular flexibility index (Phi) is 5.11. The summed E-state index contributed by atoms with van der Waals surface area (Å²) < 4.78 is 38.2. The van der Waals surface area contributed by atoms with Crippen molar-refractivity contribution in [3.63, 3.8) is 0 Å². The van der Waals surface area contributed by atoms with Gasteiger partial charge in [0.25, 0.3) is 0 Å². The lowest BCUT2D eigenvalue weighted by atomic mass is 9.95. The SMILES string of the molecule is CC(CC(=O)N1CCC(O)CC1)c1cccc(C(F)(F)F)c1. The zero-order valence-corrected chi connectivity index (χ0v) is 12.4. The minimum Gasteiger partial charge on any atom is -0.393 e. The topological polar surface area (TPSA) is 40.5 Å². The molecular weight excluding hydrogens is 295 g/mol. The molecule has 1 N–H and O–H groups in total. The first-order valence-corrected chi connectivity index (χ1v) is 7.40. The number of piperidine rings is 1. The van der Waals surface area contributed by atoms with Gasteiger partial charge in [-0.15, -0.1) is 0 Å². The van der Waals surface area contributed by atoms with E-state index in [0.717, 1.165) is 12.1 Å². The highest BCUT2D eigenvalue weighted by molar-refractivity contribution is 5.77. The molecule has 0 spiro atoms. The van der Waals surface area contributed by atoms with E-state index in [0.29, 0.717) is 31.5 Å². The number of likely N-dealkylation sites (tertiary alicyclic amines) is 1. The number of rotatable bonds is 3. The lowest BCUT2D eigenvalue weighted by Crippen LogP contribution is -2.40. The van der Waals surface area contributed by atoms with E-state index in [4.69, 9.17) is 0 Å². The molecule has 0 radical (unpaired) electrons. The van der Waals surface area contributed by atoms with Crippen LogP contribution < -0.4 is 0 Å². The average molecular weight is 315 g/mol. The molecule has 1 saturated heterocycles. The maximum atomic E-state index is 12.7. The number of hydrogen-bond donors (Lipinski definition) is 1. The molecule has 0 bridgehead atoms. The Morgan fingerprint density at radius 2 is 2.00 bits per heavy atom. The van der Waals surface area contributed by atoms with E-state index in [2.05, 4.69) is 0 Å². The van der Waals surface area contributed by atoms with Crippen molar-refractivity contribution in [2.24, 2.45) is 0 Å². The number of carbonyl (C=O) groups is 1. The fourth-order valence-electron chi connectivity index (χ4n) is 2.65. The molecule has 1 aromatic rings. The van der Waals surface area contributed by atoms with Gasteiger partial charge in [0.15, 0.2) is 0 Å². The maximum Gasteiger partial charge on any atom is 0.416 e. The Morgan fingerprint density at radius 1 is 1.36 bits per heavy atom. The largest absolute Gasteiger partial charge is 0.416 e. The molecular formula is C16H20F3NO2. The minimum atomic E-state index is -4.37. The number of aliphatic hydroxyl groups is 1. The molecule has 1 aliphatic rings. The third-order valence-corrected chi connectivity index (χ3v) is 4.08. The predicted octanol–water partition coefficient (Wildman–Crippen LogP) is 3.18. The molecule has 0 aliphatic carbocycles. The summed E-state index contributed by atoms with van der Waals surface area (Å²) in [6.45, 7) is 2.77. The lowest BCUT2D eigenvalue weighted by Gasteiger charge is -2.30. The van der Waals surface area contributed by atoms with Crippen molar-refractivity contribution in [2.75, 3.05) is 13.1 Å². The number of alkyl halides is 3. The summed E-state index contributed by atoms with van der Waals surface area (Å²) in [6, 6.07) is 5.13. The lowest BCUT2D eigenvalue weighted by molar-refractivity contribution is -0.137. The number of halogens is 3. The van der Waals surface area contributed by atoms with Crippen molar-refractivity contribution in [3.05, 3.63) is 35.4 Å². The number of carbonyl (C=O) groups excluding carboxylic acids is 1. The zero-order chi connectivity index (χ0) is 16.3. The van der Waals surface area contributed by atoms with Gasteiger partial charge in [-0.25, -0.2) is 0 Å². The molecule has 122 valence electrons. The van der Waals surface area contributed by atoms with Crippen molar-refractivity contribution in [1.82, 2.24) is 4.90 Å². The van der Waals surface area contributed by atoms with Gasteiger partial charge < -0.3 is 10.0 Å². The van der Waals surface area contributed by atoms with E-state index in [1.54, 1.807) is 17.9 Å². The number of hydrogen-bond acceptors (Lipinski definition) is 2. The van der Waals surface area contributed by atoms with Crippen molar-refractivity contribution in [2.45, 2.75) is 44.4 Å². The molecule has 2 rings (SSSR count). The average Bonchev–Trinajstić information content (AvgIpc) is 2.47. The van der Waals surface area contributed by atoms with Crippen LogP contribution in [-0.2, 0) is 11.0 Å². The number of benzene rings is 1. The number of amides is 1. The normalized spacial score (nSPS) is 18.3. The molecule has 1 aliphatic heterocycles. The van der Waals surface area contributed by atoms with Crippen LogP contribution in [0.2, 0.25) is 0 Å². The van der Waals surface area contributed by atoms with Crippen molar-refractivity contribution in [3.8, 4) is 0 Å². The van der Waals surface area contributed by atoms with Crippen LogP contribution in [0.3, 0.4) is 0 Å². The molecule has 22 heavy (non-hydrogen) atoms. The number of aliphatic hydroxyl groups excluding tert-OH is 1. The quantitative estimate of drug-likeness (QED) is 0.930. The van der Waals surface area contributed by atoms with E-state index in [1.165, 1.54) is 6.07 Å². The van der Waals surface area contributed by atoms with E-state index in [-0.39, 0.29) is 24.3 Å². The Balaban J connectivity index is 2.00. The van der Waals surface area contributed by atoms with Gasteiger partial charge in [-0.2, -0.15) is 13.2 Å². The van der Waals surface area contributed by atoms with E-state index < -0.39 is 11.7 Å². The molecule has 3 nitrogen and oxygen atoms in total. The summed E-state index contributed by atoms with van der Waals surface area (Å²) in [4.78, 5) is 13.9. The molecule has 6 heteroatoms. The van der Waals surface area contributed by atoms with Gasteiger partial charge in [0.1, 0.15) is 0 Å². The Hall–Kier alpha value is -1.56. The first-order chi connectivity index (χ1) is 10.3. The van der Waals surface area contributed by atoms with Crippen LogP contribution in [0.5, 0.6) is 0 Å².